The lowest BCUT2D eigenvalue weighted by molar-refractivity contribution is 0.250. The summed E-state index contributed by atoms with van der Waals surface area (Å²) < 4.78 is 0. The Morgan fingerprint density at radius 3 is 3.06 bits per heavy atom. The molecule has 0 radical (unpaired) electrons. The van der Waals surface area contributed by atoms with Crippen LogP contribution < -0.4 is 5.73 Å². The summed E-state index contributed by atoms with van der Waals surface area (Å²) in [5, 5.41) is 1.36. The van der Waals surface area contributed by atoms with E-state index in [1.807, 2.05) is 0 Å². The zero-order valence-corrected chi connectivity index (χ0v) is 10.9. The zero-order valence-electron chi connectivity index (χ0n) is 10.9. The van der Waals surface area contributed by atoms with E-state index < -0.39 is 0 Å². The Balaban J connectivity index is 1.92. The molecule has 1 fully saturated rings. The minimum Gasteiger partial charge on any atom is -0.358 e. The van der Waals surface area contributed by atoms with Crippen LogP contribution >= 0.6 is 0 Å². The zero-order chi connectivity index (χ0) is 12.5. The summed E-state index contributed by atoms with van der Waals surface area (Å²) in [7, 11) is 0. The van der Waals surface area contributed by atoms with Crippen LogP contribution in [0.3, 0.4) is 0 Å². The summed E-state index contributed by atoms with van der Waals surface area (Å²) in [5.41, 5.74) is 9.83. The first-order valence-corrected chi connectivity index (χ1v) is 6.80. The molecule has 0 spiro atoms. The SMILES string of the molecule is Cc1[nH]c2ccccc2c1CN1CCCC1CN. The Hall–Kier alpha value is -1.32. The van der Waals surface area contributed by atoms with Crippen LogP contribution in [-0.4, -0.2) is 29.0 Å². The third kappa shape index (κ3) is 1.93. The first kappa shape index (κ1) is 11.8. The average molecular weight is 243 g/mol. The van der Waals surface area contributed by atoms with Crippen LogP contribution in [0.5, 0.6) is 0 Å². The maximum Gasteiger partial charge on any atom is 0.0459 e. The largest absolute Gasteiger partial charge is 0.358 e. The highest BCUT2D eigenvalue weighted by Gasteiger charge is 2.24. The number of H-pyrrole nitrogens is 1. The molecule has 3 heteroatoms. The standard InChI is InChI=1S/C15H21N3/c1-11-14(10-18-8-4-5-12(18)9-16)13-6-2-3-7-15(13)17-11/h2-3,6-7,12,17H,4-5,8-10,16H2,1H3. The quantitative estimate of drug-likeness (QED) is 0.869. The monoisotopic (exact) mass is 243 g/mol. The van der Waals surface area contributed by atoms with Gasteiger partial charge in [-0.1, -0.05) is 18.2 Å². The number of nitrogens with zero attached hydrogens (tertiary/aromatic N) is 1. The molecule has 0 saturated carbocycles. The molecule has 1 saturated heterocycles. The molecule has 2 heterocycles. The second-order valence-electron chi connectivity index (χ2n) is 5.28. The van der Waals surface area contributed by atoms with Gasteiger partial charge in [-0.05, 0) is 37.9 Å². The predicted molar refractivity (Wildman–Crippen MR) is 75.5 cm³/mol. The molecule has 1 unspecified atom stereocenters. The fraction of sp³-hybridized carbons (Fsp3) is 0.467. The van der Waals surface area contributed by atoms with Crippen LogP contribution in [0.4, 0.5) is 0 Å². The van der Waals surface area contributed by atoms with Gasteiger partial charge < -0.3 is 10.7 Å². The molecule has 96 valence electrons. The minimum atomic E-state index is 0.568. The molecule has 2 aromatic rings. The molecule has 0 aliphatic carbocycles. The van der Waals surface area contributed by atoms with Crippen molar-refractivity contribution in [1.82, 2.24) is 9.88 Å². The number of aromatic amines is 1. The van der Waals surface area contributed by atoms with Crippen molar-refractivity contribution in [3.8, 4) is 0 Å². The fourth-order valence-electron chi connectivity index (χ4n) is 3.11. The van der Waals surface area contributed by atoms with Crippen LogP contribution in [0.15, 0.2) is 24.3 Å². The van der Waals surface area contributed by atoms with E-state index >= 15 is 0 Å². The topological polar surface area (TPSA) is 45.0 Å². The van der Waals surface area contributed by atoms with E-state index in [2.05, 4.69) is 41.1 Å². The summed E-state index contributed by atoms with van der Waals surface area (Å²) in [6.45, 7) is 5.16. The lowest BCUT2D eigenvalue weighted by Crippen LogP contribution is -2.34. The number of fused-ring (bicyclic) bond motifs is 1. The van der Waals surface area contributed by atoms with Crippen molar-refractivity contribution in [2.24, 2.45) is 5.73 Å². The summed E-state index contributed by atoms with van der Waals surface area (Å²) in [6, 6.07) is 9.13. The Kier molecular flexibility index (Phi) is 3.10. The van der Waals surface area contributed by atoms with E-state index in [9.17, 15) is 0 Å². The number of nitrogens with two attached hydrogens (primary N) is 1. The van der Waals surface area contributed by atoms with Crippen molar-refractivity contribution in [2.45, 2.75) is 32.4 Å². The number of hydrogen-bond acceptors (Lipinski definition) is 2. The predicted octanol–water partition coefficient (Wildman–Crippen LogP) is 2.40. The van der Waals surface area contributed by atoms with Gasteiger partial charge in [0.1, 0.15) is 0 Å². The highest BCUT2D eigenvalue weighted by atomic mass is 15.2. The van der Waals surface area contributed by atoms with Gasteiger partial charge in [0.2, 0.25) is 0 Å². The summed E-state index contributed by atoms with van der Waals surface area (Å²) in [6.07, 6.45) is 2.53. The van der Waals surface area contributed by atoms with Crippen molar-refractivity contribution < 1.29 is 0 Å². The van der Waals surface area contributed by atoms with Crippen LogP contribution in [0, 0.1) is 6.92 Å². The molecule has 1 aromatic heterocycles. The number of likely N-dealkylation sites (tertiary alicyclic amines) is 1. The third-order valence-electron chi connectivity index (χ3n) is 4.16. The van der Waals surface area contributed by atoms with Crippen molar-refractivity contribution in [1.29, 1.82) is 0 Å². The van der Waals surface area contributed by atoms with Crippen LogP contribution in [0.1, 0.15) is 24.1 Å². The van der Waals surface area contributed by atoms with Crippen molar-refractivity contribution in [3.05, 3.63) is 35.5 Å². The number of rotatable bonds is 3. The van der Waals surface area contributed by atoms with E-state index in [1.165, 1.54) is 41.5 Å². The number of nitrogens with one attached hydrogen (secondary N) is 1. The lowest BCUT2D eigenvalue weighted by atomic mass is 10.1. The van der Waals surface area contributed by atoms with E-state index in [1.54, 1.807) is 0 Å². The highest BCUT2D eigenvalue weighted by Crippen LogP contribution is 2.26. The van der Waals surface area contributed by atoms with Crippen molar-refractivity contribution in [3.63, 3.8) is 0 Å². The fourth-order valence-corrected chi connectivity index (χ4v) is 3.11. The number of para-hydroxylation sites is 1. The van der Waals surface area contributed by atoms with Gasteiger partial charge in [-0.15, -0.1) is 0 Å². The second-order valence-corrected chi connectivity index (χ2v) is 5.28. The van der Waals surface area contributed by atoms with E-state index in [4.69, 9.17) is 5.73 Å². The Morgan fingerprint density at radius 2 is 2.22 bits per heavy atom. The molecular formula is C15H21N3. The van der Waals surface area contributed by atoms with Crippen LogP contribution in [0.25, 0.3) is 10.9 Å². The minimum absolute atomic E-state index is 0.568. The van der Waals surface area contributed by atoms with Gasteiger partial charge in [0.05, 0.1) is 0 Å². The lowest BCUT2D eigenvalue weighted by Gasteiger charge is -2.23. The second kappa shape index (κ2) is 4.75. The maximum atomic E-state index is 5.85. The number of benzene rings is 1. The smallest absolute Gasteiger partial charge is 0.0459 e. The van der Waals surface area contributed by atoms with Gasteiger partial charge in [0, 0.05) is 35.7 Å². The van der Waals surface area contributed by atoms with E-state index in [-0.39, 0.29) is 0 Å². The summed E-state index contributed by atoms with van der Waals surface area (Å²) in [5.74, 6) is 0. The van der Waals surface area contributed by atoms with Crippen LogP contribution in [-0.2, 0) is 6.54 Å². The van der Waals surface area contributed by atoms with Gasteiger partial charge in [-0.3, -0.25) is 4.90 Å². The Morgan fingerprint density at radius 1 is 1.39 bits per heavy atom. The first-order chi connectivity index (χ1) is 8.79. The Labute approximate surface area is 108 Å². The number of hydrogen-bond donors (Lipinski definition) is 2. The molecule has 3 N–H and O–H groups in total. The molecule has 18 heavy (non-hydrogen) atoms. The van der Waals surface area contributed by atoms with Gasteiger partial charge in [-0.25, -0.2) is 0 Å². The van der Waals surface area contributed by atoms with E-state index in [0.29, 0.717) is 6.04 Å². The van der Waals surface area contributed by atoms with Gasteiger partial charge in [-0.2, -0.15) is 0 Å². The molecule has 1 aliphatic heterocycles. The molecule has 0 amide bonds. The van der Waals surface area contributed by atoms with Gasteiger partial charge >= 0.3 is 0 Å². The highest BCUT2D eigenvalue weighted by molar-refractivity contribution is 5.84. The molecule has 0 bridgehead atoms. The molecular weight excluding hydrogens is 222 g/mol. The van der Waals surface area contributed by atoms with Gasteiger partial charge in [0.15, 0.2) is 0 Å². The molecule has 1 atom stereocenters. The molecule has 3 nitrogen and oxygen atoms in total. The maximum absolute atomic E-state index is 5.85. The molecule has 3 rings (SSSR count). The summed E-state index contributed by atoms with van der Waals surface area (Å²) in [4.78, 5) is 6.01. The average Bonchev–Trinajstić information content (AvgIpc) is 2.95. The summed E-state index contributed by atoms with van der Waals surface area (Å²) >= 11 is 0. The van der Waals surface area contributed by atoms with Gasteiger partial charge in [0.25, 0.3) is 0 Å². The van der Waals surface area contributed by atoms with E-state index in [0.717, 1.165) is 13.1 Å². The third-order valence-corrected chi connectivity index (χ3v) is 4.16. The molecule has 1 aromatic carbocycles. The number of aryl methyl sites for hydroxylation is 1. The number of aromatic nitrogens is 1. The van der Waals surface area contributed by atoms with Crippen molar-refractivity contribution >= 4 is 10.9 Å². The molecule has 1 aliphatic rings. The van der Waals surface area contributed by atoms with Crippen molar-refractivity contribution in [2.75, 3.05) is 13.1 Å². The normalized spacial score (nSPS) is 20.9. The first-order valence-electron chi connectivity index (χ1n) is 6.80. The Bertz CT molecular complexity index is 544. The van der Waals surface area contributed by atoms with Crippen LogP contribution in [0.2, 0.25) is 0 Å².